The normalized spacial score (nSPS) is 30.8. The Morgan fingerprint density at radius 1 is 1.50 bits per heavy atom. The Morgan fingerprint density at radius 3 is 3.08 bits per heavy atom. The van der Waals surface area contributed by atoms with Gasteiger partial charge in [0, 0.05) is 5.92 Å². The highest BCUT2D eigenvalue weighted by atomic mass is 16.5. The Hall–Kier alpha value is -1.51. The summed E-state index contributed by atoms with van der Waals surface area (Å²) in [6.45, 7) is 0. The van der Waals surface area contributed by atoms with Gasteiger partial charge in [-0.3, -0.25) is 0 Å². The average Bonchev–Trinajstić information content (AvgIpc) is 2.49. The van der Waals surface area contributed by atoms with Crippen LogP contribution >= 0.6 is 0 Å². The molecule has 0 fully saturated rings. The van der Waals surface area contributed by atoms with Crippen molar-refractivity contribution >= 4 is 5.97 Å². The van der Waals surface area contributed by atoms with Crippen LogP contribution in [0.15, 0.2) is 36.1 Å². The third-order valence-corrected chi connectivity index (χ3v) is 2.00. The lowest BCUT2D eigenvalue weighted by molar-refractivity contribution is -0.132. The van der Waals surface area contributed by atoms with E-state index in [9.17, 15) is 4.79 Å². The molecule has 1 aliphatic heterocycles. The van der Waals surface area contributed by atoms with Crippen LogP contribution < -0.4 is 0 Å². The van der Waals surface area contributed by atoms with Crippen molar-refractivity contribution in [2.75, 3.05) is 0 Å². The van der Waals surface area contributed by atoms with Gasteiger partial charge in [-0.15, -0.1) is 0 Å². The summed E-state index contributed by atoms with van der Waals surface area (Å²) in [5, 5.41) is 8.66. The molecule has 0 saturated heterocycles. The average molecular weight is 164 g/mol. The monoisotopic (exact) mass is 164 g/mol. The van der Waals surface area contributed by atoms with E-state index in [0.29, 0.717) is 5.57 Å². The quantitative estimate of drug-likeness (QED) is 0.631. The number of hydrogen-bond acceptors (Lipinski definition) is 2. The van der Waals surface area contributed by atoms with E-state index in [-0.39, 0.29) is 12.0 Å². The molecule has 12 heavy (non-hydrogen) atoms. The molecule has 0 aromatic heterocycles. The lowest BCUT2D eigenvalue weighted by Gasteiger charge is -2.15. The fourth-order valence-electron chi connectivity index (χ4n) is 1.34. The van der Waals surface area contributed by atoms with E-state index in [0.717, 1.165) is 0 Å². The van der Waals surface area contributed by atoms with Crippen molar-refractivity contribution in [3.05, 3.63) is 36.1 Å². The van der Waals surface area contributed by atoms with E-state index in [1.54, 1.807) is 18.4 Å². The molecule has 0 amide bonds. The number of ether oxygens (including phenoxy) is 1. The molecule has 3 heteroatoms. The molecule has 0 aromatic rings. The number of carboxylic acids is 1. The minimum Gasteiger partial charge on any atom is -0.493 e. The number of carboxylic acid groups (broad SMARTS) is 1. The Morgan fingerprint density at radius 2 is 2.33 bits per heavy atom. The lowest BCUT2D eigenvalue weighted by atomic mass is 9.95. The number of carbonyl (C=O) groups is 1. The summed E-state index contributed by atoms with van der Waals surface area (Å²) in [6.07, 6.45) is 8.51. The van der Waals surface area contributed by atoms with Crippen LogP contribution in [-0.4, -0.2) is 17.2 Å². The zero-order valence-corrected chi connectivity index (χ0v) is 6.31. The van der Waals surface area contributed by atoms with Gasteiger partial charge in [0.15, 0.2) is 0 Å². The second-order valence-electron chi connectivity index (χ2n) is 2.79. The highest BCUT2D eigenvalue weighted by molar-refractivity contribution is 5.90. The minimum absolute atomic E-state index is 0.110. The standard InChI is InChI=1S/C9H8O3/c10-9(11)7-2-1-6-3-4-12-8(6)5-7/h1-6,8H,(H,10,11). The van der Waals surface area contributed by atoms with Crippen molar-refractivity contribution in [2.24, 2.45) is 5.92 Å². The zero-order chi connectivity index (χ0) is 8.55. The van der Waals surface area contributed by atoms with Crippen molar-refractivity contribution in [2.45, 2.75) is 6.10 Å². The molecule has 0 radical (unpaired) electrons. The van der Waals surface area contributed by atoms with Gasteiger partial charge in [-0.05, 0) is 12.2 Å². The molecule has 2 unspecified atom stereocenters. The van der Waals surface area contributed by atoms with E-state index in [2.05, 4.69) is 0 Å². The highest BCUT2D eigenvalue weighted by Gasteiger charge is 2.24. The van der Waals surface area contributed by atoms with Crippen LogP contribution in [0.5, 0.6) is 0 Å². The summed E-state index contributed by atoms with van der Waals surface area (Å²) in [4.78, 5) is 10.5. The second-order valence-corrected chi connectivity index (χ2v) is 2.79. The molecule has 1 N–H and O–H groups in total. The van der Waals surface area contributed by atoms with Crippen molar-refractivity contribution in [1.82, 2.24) is 0 Å². The fraction of sp³-hybridized carbons (Fsp3) is 0.222. The smallest absolute Gasteiger partial charge is 0.335 e. The van der Waals surface area contributed by atoms with Crippen molar-refractivity contribution < 1.29 is 14.6 Å². The number of fused-ring (bicyclic) bond motifs is 1. The maximum absolute atomic E-state index is 10.5. The van der Waals surface area contributed by atoms with Crippen molar-refractivity contribution in [3.63, 3.8) is 0 Å². The first-order chi connectivity index (χ1) is 5.77. The minimum atomic E-state index is -0.903. The summed E-state index contributed by atoms with van der Waals surface area (Å²) >= 11 is 0. The van der Waals surface area contributed by atoms with Gasteiger partial charge >= 0.3 is 5.97 Å². The van der Waals surface area contributed by atoms with E-state index in [1.165, 1.54) is 0 Å². The molecule has 0 spiro atoms. The predicted molar refractivity (Wildman–Crippen MR) is 42.4 cm³/mol. The van der Waals surface area contributed by atoms with E-state index >= 15 is 0 Å². The molecule has 2 atom stereocenters. The number of rotatable bonds is 1. The first-order valence-electron chi connectivity index (χ1n) is 3.73. The Balaban J connectivity index is 2.23. The van der Waals surface area contributed by atoms with Gasteiger partial charge in [0.1, 0.15) is 6.10 Å². The second kappa shape index (κ2) is 2.52. The molecule has 0 bridgehead atoms. The summed E-state index contributed by atoms with van der Waals surface area (Å²) in [6, 6.07) is 0. The largest absolute Gasteiger partial charge is 0.493 e. The highest BCUT2D eigenvalue weighted by Crippen LogP contribution is 2.25. The van der Waals surface area contributed by atoms with Crippen LogP contribution in [0.1, 0.15) is 0 Å². The topological polar surface area (TPSA) is 46.5 Å². The van der Waals surface area contributed by atoms with Gasteiger partial charge < -0.3 is 9.84 Å². The van der Waals surface area contributed by atoms with Gasteiger partial charge in [-0.25, -0.2) is 4.79 Å². The van der Waals surface area contributed by atoms with Crippen molar-refractivity contribution in [3.8, 4) is 0 Å². The van der Waals surface area contributed by atoms with Crippen LogP contribution in [0, 0.1) is 5.92 Å². The van der Waals surface area contributed by atoms with Crippen LogP contribution in [-0.2, 0) is 9.53 Å². The summed E-state index contributed by atoms with van der Waals surface area (Å²) in [7, 11) is 0. The van der Waals surface area contributed by atoms with Gasteiger partial charge in [-0.2, -0.15) is 0 Å². The summed E-state index contributed by atoms with van der Waals surface area (Å²) in [5.41, 5.74) is 0.306. The van der Waals surface area contributed by atoms with Crippen LogP contribution in [0.2, 0.25) is 0 Å². The van der Waals surface area contributed by atoms with Gasteiger partial charge in [0.25, 0.3) is 0 Å². The van der Waals surface area contributed by atoms with Crippen LogP contribution in [0.3, 0.4) is 0 Å². The lowest BCUT2D eigenvalue weighted by Crippen LogP contribution is -2.17. The SMILES string of the molecule is O=C(O)C1=CC2OC=CC2C=C1. The van der Waals surface area contributed by atoms with E-state index in [1.807, 2.05) is 12.2 Å². The third kappa shape index (κ3) is 1.03. The fourth-order valence-corrected chi connectivity index (χ4v) is 1.34. The molecule has 3 nitrogen and oxygen atoms in total. The summed E-state index contributed by atoms with van der Waals surface area (Å²) in [5.74, 6) is -0.687. The molecular formula is C9H8O3. The Bertz CT molecular complexity index is 299. The first kappa shape index (κ1) is 7.16. The molecule has 0 aromatic carbocycles. The molecular weight excluding hydrogens is 156 g/mol. The number of aliphatic carboxylic acids is 1. The molecule has 1 aliphatic carbocycles. The van der Waals surface area contributed by atoms with Crippen LogP contribution in [0.25, 0.3) is 0 Å². The van der Waals surface area contributed by atoms with Gasteiger partial charge in [0.2, 0.25) is 0 Å². The Labute approximate surface area is 69.6 Å². The molecule has 2 aliphatic rings. The van der Waals surface area contributed by atoms with Crippen LogP contribution in [0.4, 0.5) is 0 Å². The van der Waals surface area contributed by atoms with Gasteiger partial charge in [-0.1, -0.05) is 12.2 Å². The maximum Gasteiger partial charge on any atom is 0.335 e. The van der Waals surface area contributed by atoms with E-state index in [4.69, 9.17) is 9.84 Å². The predicted octanol–water partition coefficient (Wildman–Crippen LogP) is 1.10. The third-order valence-electron chi connectivity index (χ3n) is 2.00. The molecule has 62 valence electrons. The van der Waals surface area contributed by atoms with Gasteiger partial charge in [0.05, 0.1) is 11.8 Å². The summed E-state index contributed by atoms with van der Waals surface area (Å²) < 4.78 is 5.17. The number of hydrogen-bond donors (Lipinski definition) is 1. The Kier molecular flexibility index (Phi) is 1.50. The van der Waals surface area contributed by atoms with Crippen molar-refractivity contribution in [1.29, 1.82) is 0 Å². The molecule has 2 rings (SSSR count). The van der Waals surface area contributed by atoms with E-state index < -0.39 is 5.97 Å². The maximum atomic E-state index is 10.5. The zero-order valence-electron chi connectivity index (χ0n) is 6.31. The molecule has 0 saturated carbocycles. The first-order valence-corrected chi connectivity index (χ1v) is 3.73. The molecule has 1 heterocycles.